The number of alkyl halides is 6. The van der Waals surface area contributed by atoms with E-state index in [0.29, 0.717) is 26.4 Å². The highest BCUT2D eigenvalue weighted by molar-refractivity contribution is 5.77. The number of hydrogen-bond donors (Lipinski definition) is 0. The Bertz CT molecular complexity index is 1110. The van der Waals surface area contributed by atoms with E-state index in [4.69, 9.17) is 18.9 Å². The minimum absolute atomic E-state index is 0.0234. The van der Waals surface area contributed by atoms with Crippen LogP contribution in [0.1, 0.15) is 93.1 Å². The molecule has 0 N–H and O–H groups in total. The second kappa shape index (κ2) is 20.5. The molecule has 2 rings (SSSR count). The zero-order valence-corrected chi connectivity index (χ0v) is 31.1. The van der Waals surface area contributed by atoms with Crippen molar-refractivity contribution in [3.63, 3.8) is 0 Å². The molecule has 1 fully saturated rings. The normalized spacial score (nSPS) is 16.9. The lowest BCUT2D eigenvalue weighted by Gasteiger charge is -2.47. The fourth-order valence-corrected chi connectivity index (χ4v) is 4.10. The van der Waals surface area contributed by atoms with Crippen LogP contribution in [0.15, 0.2) is 30.3 Å². The number of methoxy groups -OCH3 is 2. The van der Waals surface area contributed by atoms with Gasteiger partial charge in [-0.1, -0.05) is 58.0 Å². The van der Waals surface area contributed by atoms with Gasteiger partial charge in [-0.05, 0) is 65.4 Å². The number of ether oxygens (including phenoxy) is 7. The Kier molecular flexibility index (Phi) is 19.5. The van der Waals surface area contributed by atoms with Crippen LogP contribution in [0.3, 0.4) is 0 Å². The Morgan fingerprint density at radius 1 is 0.840 bits per heavy atom. The molecule has 0 radical (unpaired) electrons. The Hall–Kier alpha value is -2.46. The first-order valence-corrected chi connectivity index (χ1v) is 16.4. The zero-order chi connectivity index (χ0) is 39.0. The predicted octanol–water partition coefficient (Wildman–Crippen LogP) is 8.39. The average molecular weight is 735 g/mol. The van der Waals surface area contributed by atoms with Crippen molar-refractivity contribution in [1.29, 1.82) is 0 Å². The van der Waals surface area contributed by atoms with Gasteiger partial charge in [-0.2, -0.15) is 26.3 Å². The molecule has 0 aliphatic carbocycles. The number of epoxide rings is 1. The lowest BCUT2D eigenvalue weighted by molar-refractivity contribution is -0.429. The van der Waals surface area contributed by atoms with E-state index < -0.39 is 41.7 Å². The second-order valence-electron chi connectivity index (χ2n) is 13.3. The summed E-state index contributed by atoms with van der Waals surface area (Å²) in [5, 5.41) is 0. The Morgan fingerprint density at radius 3 is 1.76 bits per heavy atom. The lowest BCUT2D eigenvalue weighted by atomic mass is 9.82. The van der Waals surface area contributed by atoms with Crippen molar-refractivity contribution in [3.05, 3.63) is 35.9 Å². The van der Waals surface area contributed by atoms with E-state index in [1.54, 1.807) is 0 Å². The highest BCUT2D eigenvalue weighted by atomic mass is 19.4. The molecule has 3 atom stereocenters. The molecule has 0 spiro atoms. The molecule has 1 heterocycles. The van der Waals surface area contributed by atoms with E-state index in [0.717, 1.165) is 20.1 Å². The molecule has 292 valence electrons. The molecule has 1 aromatic rings. The van der Waals surface area contributed by atoms with Crippen LogP contribution in [0.4, 0.5) is 26.3 Å². The van der Waals surface area contributed by atoms with Gasteiger partial charge in [0.15, 0.2) is 5.60 Å². The van der Waals surface area contributed by atoms with Crippen LogP contribution in [0.2, 0.25) is 0 Å². The molecule has 1 saturated heterocycles. The van der Waals surface area contributed by atoms with Gasteiger partial charge in [-0.25, -0.2) is 0 Å². The molecule has 0 aromatic heterocycles. The van der Waals surface area contributed by atoms with E-state index in [9.17, 15) is 35.9 Å². The van der Waals surface area contributed by atoms with Crippen molar-refractivity contribution >= 4 is 11.9 Å². The van der Waals surface area contributed by atoms with Gasteiger partial charge in [-0.15, -0.1) is 0 Å². The largest absolute Gasteiger partial charge is 0.462 e. The van der Waals surface area contributed by atoms with Crippen molar-refractivity contribution in [3.8, 4) is 0 Å². The maximum absolute atomic E-state index is 13.6. The first kappa shape index (κ1) is 47.5. The summed E-state index contributed by atoms with van der Waals surface area (Å²) in [4.78, 5) is 23.9. The Labute approximate surface area is 292 Å². The van der Waals surface area contributed by atoms with E-state index in [1.807, 2.05) is 20.8 Å². The standard InChI is InChI=1S/C16H26F6O6.C10H14.C9H16O3/c1-7-13(4,8-26-9-24-5)11(23)28-12(2,3)14(15(17,18)19,16(20,21)22)27-10-25-6;1-3-9(2)10-7-5-4-6-8-10;1-4-9(2,3)8(10)12-6-7-5-11-7/h7-10H2,1-6H3;4-9H,3H2,1-2H3;7H,4-6H2,1-3H3. The van der Waals surface area contributed by atoms with Crippen LogP contribution in [-0.4, -0.2) is 89.2 Å². The van der Waals surface area contributed by atoms with Crippen LogP contribution < -0.4 is 0 Å². The lowest BCUT2D eigenvalue weighted by Crippen LogP contribution is -2.71. The molecule has 3 unspecified atom stereocenters. The highest BCUT2D eigenvalue weighted by Crippen LogP contribution is 2.53. The smallest absolute Gasteiger partial charge is 0.430 e. The summed E-state index contributed by atoms with van der Waals surface area (Å²) in [5.74, 6) is -0.725. The van der Waals surface area contributed by atoms with Crippen LogP contribution in [0.5, 0.6) is 0 Å². The molecule has 0 saturated carbocycles. The summed E-state index contributed by atoms with van der Waals surface area (Å²) in [7, 11) is 2.16. The molecule has 0 amide bonds. The molecular formula is C35H56F6O9. The third-order valence-corrected chi connectivity index (χ3v) is 8.50. The molecule has 9 nitrogen and oxygen atoms in total. The third-order valence-electron chi connectivity index (χ3n) is 8.50. The fraction of sp³-hybridized carbons (Fsp3) is 0.771. The number of esters is 2. The monoisotopic (exact) mass is 734 g/mol. The average Bonchev–Trinajstić information content (AvgIpc) is 3.87. The molecular weight excluding hydrogens is 678 g/mol. The zero-order valence-electron chi connectivity index (χ0n) is 31.1. The number of hydrogen-bond acceptors (Lipinski definition) is 9. The molecule has 0 bridgehead atoms. The van der Waals surface area contributed by atoms with Gasteiger partial charge in [0.05, 0.1) is 24.0 Å². The number of benzene rings is 1. The van der Waals surface area contributed by atoms with E-state index in [2.05, 4.69) is 58.4 Å². The number of rotatable bonds is 17. The van der Waals surface area contributed by atoms with Crippen molar-refractivity contribution < 1.29 is 69.1 Å². The molecule has 1 aliphatic heterocycles. The van der Waals surface area contributed by atoms with Crippen molar-refractivity contribution in [1.82, 2.24) is 0 Å². The quantitative estimate of drug-likeness (QED) is 0.0514. The van der Waals surface area contributed by atoms with Crippen molar-refractivity contribution in [2.45, 2.75) is 117 Å². The summed E-state index contributed by atoms with van der Waals surface area (Å²) < 4.78 is 115. The van der Waals surface area contributed by atoms with Crippen molar-refractivity contribution in [2.75, 3.05) is 47.6 Å². The van der Waals surface area contributed by atoms with Crippen LogP contribution >= 0.6 is 0 Å². The third kappa shape index (κ3) is 13.9. The maximum Gasteiger partial charge on any atom is 0.430 e. The van der Waals surface area contributed by atoms with Gasteiger partial charge in [0.25, 0.3) is 0 Å². The van der Waals surface area contributed by atoms with Crippen LogP contribution in [0.25, 0.3) is 0 Å². The first-order chi connectivity index (χ1) is 23.0. The van der Waals surface area contributed by atoms with Crippen LogP contribution in [0, 0.1) is 10.8 Å². The Morgan fingerprint density at radius 2 is 1.36 bits per heavy atom. The van der Waals surface area contributed by atoms with E-state index >= 15 is 0 Å². The maximum atomic E-state index is 13.6. The summed E-state index contributed by atoms with van der Waals surface area (Å²) in [6, 6.07) is 10.6. The van der Waals surface area contributed by atoms with Crippen LogP contribution in [-0.2, 0) is 42.7 Å². The van der Waals surface area contributed by atoms with Gasteiger partial charge >= 0.3 is 29.9 Å². The van der Waals surface area contributed by atoms with E-state index in [-0.39, 0.29) is 37.3 Å². The first-order valence-electron chi connectivity index (χ1n) is 16.4. The summed E-state index contributed by atoms with van der Waals surface area (Å²) in [6.45, 7) is 13.3. The van der Waals surface area contributed by atoms with E-state index in [1.165, 1.54) is 32.9 Å². The topological polar surface area (TPSA) is 102 Å². The second-order valence-corrected chi connectivity index (χ2v) is 13.3. The highest BCUT2D eigenvalue weighted by Gasteiger charge is 2.80. The minimum Gasteiger partial charge on any atom is -0.462 e. The summed E-state index contributed by atoms with van der Waals surface area (Å²) >= 11 is 0. The summed E-state index contributed by atoms with van der Waals surface area (Å²) in [5.41, 5.74) is -8.42. The molecule has 1 aromatic carbocycles. The number of halogens is 6. The number of carbonyl (C=O) groups is 2. The molecule has 1 aliphatic rings. The SMILES string of the molecule is CCC(C)(C)C(=O)OCC1CO1.CCC(C)(COCOC)C(=O)OC(C)(C)C(OCOC)(C(F)(F)F)C(F)(F)F.CCC(C)c1ccccc1. The molecule has 50 heavy (non-hydrogen) atoms. The minimum atomic E-state index is -5.97. The fourth-order valence-electron chi connectivity index (χ4n) is 4.10. The van der Waals surface area contributed by atoms with Gasteiger partial charge < -0.3 is 33.2 Å². The van der Waals surface area contributed by atoms with Crippen molar-refractivity contribution in [2.24, 2.45) is 10.8 Å². The van der Waals surface area contributed by atoms with Gasteiger partial charge in [0.1, 0.15) is 26.3 Å². The molecule has 15 heteroatoms. The predicted molar refractivity (Wildman–Crippen MR) is 174 cm³/mol. The van der Waals surface area contributed by atoms with Gasteiger partial charge in [0.2, 0.25) is 0 Å². The Balaban J connectivity index is 0.000000879. The number of carbonyl (C=O) groups excluding carboxylic acids is 2. The van der Waals surface area contributed by atoms with Gasteiger partial charge in [0, 0.05) is 14.2 Å². The van der Waals surface area contributed by atoms with Gasteiger partial charge in [-0.3, -0.25) is 9.59 Å². The summed E-state index contributed by atoms with van der Waals surface area (Å²) in [6.07, 6.45) is -9.72.